The van der Waals surface area contributed by atoms with Gasteiger partial charge in [-0.2, -0.15) is 13.2 Å². The number of carbonyl (C=O) groups is 1. The van der Waals surface area contributed by atoms with Gasteiger partial charge in [-0.25, -0.2) is 4.79 Å². The molecule has 1 atom stereocenters. The predicted molar refractivity (Wildman–Crippen MR) is 63.8 cm³/mol. The fourth-order valence-corrected chi connectivity index (χ4v) is 1.54. The minimum Gasteiger partial charge on any atom is -0.480 e. The molecule has 1 rings (SSSR count). The molecule has 19 heavy (non-hydrogen) atoms. The van der Waals surface area contributed by atoms with Gasteiger partial charge in [0.25, 0.3) is 0 Å². The zero-order valence-electron chi connectivity index (χ0n) is 10.4. The van der Waals surface area contributed by atoms with Gasteiger partial charge in [0.2, 0.25) is 0 Å². The summed E-state index contributed by atoms with van der Waals surface area (Å²) >= 11 is 0. The van der Waals surface area contributed by atoms with Gasteiger partial charge >= 0.3 is 12.1 Å². The van der Waals surface area contributed by atoms with Crippen molar-refractivity contribution in [2.75, 3.05) is 5.32 Å². The molecule has 1 aromatic heterocycles. The lowest BCUT2D eigenvalue weighted by molar-refractivity contribution is -0.141. The minimum absolute atomic E-state index is 0.103. The quantitative estimate of drug-likeness (QED) is 0.837. The van der Waals surface area contributed by atoms with Crippen molar-refractivity contribution < 1.29 is 23.1 Å². The average molecular weight is 276 g/mol. The van der Waals surface area contributed by atoms with Crippen LogP contribution in [0.15, 0.2) is 18.3 Å². The molecule has 106 valence electrons. The maximum absolute atomic E-state index is 12.5. The fourth-order valence-electron chi connectivity index (χ4n) is 1.54. The van der Waals surface area contributed by atoms with Crippen LogP contribution in [-0.4, -0.2) is 22.1 Å². The van der Waals surface area contributed by atoms with Crippen LogP contribution < -0.4 is 5.32 Å². The largest absolute Gasteiger partial charge is 0.480 e. The molecule has 1 aromatic rings. The Balaban J connectivity index is 2.82. The van der Waals surface area contributed by atoms with Crippen LogP contribution in [0, 0.1) is 0 Å². The lowest BCUT2D eigenvalue weighted by atomic mass is 10.1. The lowest BCUT2D eigenvalue weighted by Crippen LogP contribution is -2.29. The monoisotopic (exact) mass is 276 g/mol. The van der Waals surface area contributed by atoms with Gasteiger partial charge in [-0.3, -0.25) is 4.98 Å². The van der Waals surface area contributed by atoms with E-state index in [1.165, 1.54) is 6.07 Å². The second kappa shape index (κ2) is 6.40. The highest BCUT2D eigenvalue weighted by atomic mass is 19.4. The molecule has 0 radical (unpaired) electrons. The maximum atomic E-state index is 12.5. The molecule has 0 amide bonds. The van der Waals surface area contributed by atoms with E-state index in [-0.39, 0.29) is 5.69 Å². The van der Waals surface area contributed by atoms with Crippen molar-refractivity contribution >= 4 is 11.7 Å². The number of hydrogen-bond acceptors (Lipinski definition) is 3. The van der Waals surface area contributed by atoms with Crippen LogP contribution in [0.4, 0.5) is 18.9 Å². The van der Waals surface area contributed by atoms with Gasteiger partial charge in [-0.05, 0) is 18.6 Å². The number of nitrogens with zero attached hydrogens (tertiary/aromatic N) is 1. The van der Waals surface area contributed by atoms with E-state index < -0.39 is 23.9 Å². The molecule has 0 aromatic carbocycles. The van der Waals surface area contributed by atoms with Crippen LogP contribution >= 0.6 is 0 Å². The topological polar surface area (TPSA) is 62.2 Å². The molecule has 0 spiro atoms. The Hall–Kier alpha value is -1.79. The van der Waals surface area contributed by atoms with Gasteiger partial charge in [0, 0.05) is 11.9 Å². The summed E-state index contributed by atoms with van der Waals surface area (Å²) in [5.41, 5.74) is -0.942. The third kappa shape index (κ3) is 4.76. The van der Waals surface area contributed by atoms with Gasteiger partial charge < -0.3 is 10.4 Å². The smallest absolute Gasteiger partial charge is 0.433 e. The zero-order valence-corrected chi connectivity index (χ0v) is 10.4. The first-order chi connectivity index (χ1) is 8.84. The SMILES string of the molecule is CCCCC(Nc1ccnc(C(F)(F)F)c1)C(=O)O. The van der Waals surface area contributed by atoms with E-state index in [2.05, 4.69) is 10.3 Å². The van der Waals surface area contributed by atoms with Crippen LogP contribution in [-0.2, 0) is 11.0 Å². The summed E-state index contributed by atoms with van der Waals surface area (Å²) in [6.45, 7) is 1.91. The van der Waals surface area contributed by atoms with Crippen LogP contribution in [0.1, 0.15) is 31.9 Å². The first kappa shape index (κ1) is 15.3. The first-order valence-corrected chi connectivity index (χ1v) is 5.87. The molecule has 0 saturated heterocycles. The summed E-state index contributed by atoms with van der Waals surface area (Å²) in [4.78, 5) is 14.2. The number of carboxylic acid groups (broad SMARTS) is 1. The van der Waals surface area contributed by atoms with E-state index in [4.69, 9.17) is 5.11 Å². The number of rotatable bonds is 6. The molecule has 0 bridgehead atoms. The lowest BCUT2D eigenvalue weighted by Gasteiger charge is -2.16. The van der Waals surface area contributed by atoms with Crippen LogP contribution in [0.3, 0.4) is 0 Å². The molecule has 4 nitrogen and oxygen atoms in total. The van der Waals surface area contributed by atoms with Gasteiger partial charge in [0.15, 0.2) is 0 Å². The number of nitrogens with one attached hydrogen (secondary N) is 1. The number of halogens is 3. The highest BCUT2D eigenvalue weighted by Gasteiger charge is 2.32. The number of anilines is 1. The Bertz CT molecular complexity index is 435. The molecule has 0 fully saturated rings. The second-order valence-electron chi connectivity index (χ2n) is 4.10. The molecule has 0 aliphatic heterocycles. The van der Waals surface area contributed by atoms with Crippen molar-refractivity contribution in [1.29, 1.82) is 0 Å². The highest BCUT2D eigenvalue weighted by molar-refractivity contribution is 5.77. The third-order valence-corrected chi connectivity index (χ3v) is 2.54. The van der Waals surface area contributed by atoms with E-state index in [1.54, 1.807) is 0 Å². The summed E-state index contributed by atoms with van der Waals surface area (Å²) < 4.78 is 37.4. The maximum Gasteiger partial charge on any atom is 0.433 e. The van der Waals surface area contributed by atoms with E-state index in [0.29, 0.717) is 12.8 Å². The minimum atomic E-state index is -4.54. The van der Waals surface area contributed by atoms with E-state index in [9.17, 15) is 18.0 Å². The molecule has 0 aliphatic rings. The normalized spacial score (nSPS) is 13.1. The number of aliphatic carboxylic acids is 1. The fraction of sp³-hybridized carbons (Fsp3) is 0.500. The van der Waals surface area contributed by atoms with Crippen LogP contribution in [0.25, 0.3) is 0 Å². The van der Waals surface area contributed by atoms with E-state index in [1.807, 2.05) is 6.92 Å². The van der Waals surface area contributed by atoms with Crippen LogP contribution in [0.2, 0.25) is 0 Å². The Labute approximate surface area is 108 Å². The summed E-state index contributed by atoms with van der Waals surface area (Å²) in [6, 6.07) is 1.22. The third-order valence-electron chi connectivity index (χ3n) is 2.54. The molecular formula is C12H15F3N2O2. The molecule has 0 aliphatic carbocycles. The highest BCUT2D eigenvalue weighted by Crippen LogP contribution is 2.29. The molecule has 2 N–H and O–H groups in total. The number of unbranched alkanes of at least 4 members (excludes halogenated alkanes) is 1. The van der Waals surface area contributed by atoms with Crippen molar-refractivity contribution in [1.82, 2.24) is 4.98 Å². The van der Waals surface area contributed by atoms with Gasteiger partial charge in [0.05, 0.1) is 0 Å². The van der Waals surface area contributed by atoms with Crippen molar-refractivity contribution in [3.05, 3.63) is 24.0 Å². The summed E-state index contributed by atoms with van der Waals surface area (Å²) in [5, 5.41) is 11.6. The Kier molecular flexibility index (Phi) is 5.14. The second-order valence-corrected chi connectivity index (χ2v) is 4.10. The van der Waals surface area contributed by atoms with Crippen molar-refractivity contribution in [3.63, 3.8) is 0 Å². The van der Waals surface area contributed by atoms with Gasteiger partial charge in [0.1, 0.15) is 11.7 Å². The first-order valence-electron chi connectivity index (χ1n) is 5.87. The standard InChI is InChI=1S/C12H15F3N2O2/c1-2-3-4-9(11(18)19)17-8-5-6-16-10(7-8)12(13,14)15/h5-7,9H,2-4H2,1H3,(H,16,17)(H,18,19). The number of hydrogen-bond donors (Lipinski definition) is 2. The Morgan fingerprint density at radius 3 is 2.74 bits per heavy atom. The predicted octanol–water partition coefficient (Wildman–Crippen LogP) is 3.16. The van der Waals surface area contributed by atoms with Gasteiger partial charge in [-0.15, -0.1) is 0 Å². The molecular weight excluding hydrogens is 261 g/mol. The summed E-state index contributed by atoms with van der Waals surface area (Å²) in [5.74, 6) is -1.08. The number of aromatic nitrogens is 1. The molecule has 1 heterocycles. The van der Waals surface area contributed by atoms with Crippen molar-refractivity contribution in [3.8, 4) is 0 Å². The van der Waals surface area contributed by atoms with Gasteiger partial charge in [-0.1, -0.05) is 19.8 Å². The number of alkyl halides is 3. The van der Waals surface area contributed by atoms with Crippen molar-refractivity contribution in [2.45, 2.75) is 38.4 Å². The van der Waals surface area contributed by atoms with E-state index >= 15 is 0 Å². The number of carboxylic acids is 1. The van der Waals surface area contributed by atoms with Crippen LogP contribution in [0.5, 0.6) is 0 Å². The molecule has 1 unspecified atom stereocenters. The van der Waals surface area contributed by atoms with Crippen molar-refractivity contribution in [2.24, 2.45) is 0 Å². The Morgan fingerprint density at radius 1 is 1.53 bits per heavy atom. The zero-order chi connectivity index (χ0) is 14.5. The molecule has 0 saturated carbocycles. The Morgan fingerprint density at radius 2 is 2.21 bits per heavy atom. The van der Waals surface area contributed by atoms with E-state index in [0.717, 1.165) is 18.7 Å². The number of pyridine rings is 1. The summed E-state index contributed by atoms with van der Waals surface area (Å²) in [7, 11) is 0. The molecule has 7 heteroatoms. The average Bonchev–Trinajstić information content (AvgIpc) is 2.33. The summed E-state index contributed by atoms with van der Waals surface area (Å²) in [6.07, 6.45) is -1.68.